The maximum Gasteiger partial charge on any atom is 0.236 e. The van der Waals surface area contributed by atoms with Crippen molar-refractivity contribution >= 4 is 23.4 Å². The summed E-state index contributed by atoms with van der Waals surface area (Å²) in [4.78, 5) is 33.4. The molecule has 0 saturated carbocycles. The van der Waals surface area contributed by atoms with Gasteiger partial charge in [-0.05, 0) is 43.9 Å². The summed E-state index contributed by atoms with van der Waals surface area (Å²) in [6.07, 6.45) is 3.49. The second-order valence-corrected chi connectivity index (χ2v) is 8.66. The van der Waals surface area contributed by atoms with E-state index < -0.39 is 0 Å². The SMILES string of the molecule is CC(c1ccc(Cl)cc1)N(C)C(=O)CN1CCN(CC(=O)N2CCCCC2)CC1. The Morgan fingerprint density at radius 1 is 0.931 bits per heavy atom. The molecular formula is C22H33ClN4O2. The fraction of sp³-hybridized carbons (Fsp3) is 0.636. The standard InChI is InChI=1S/C22H33ClN4O2/c1-18(19-6-8-20(23)9-7-19)24(2)21(28)16-25-12-14-26(15-13-25)17-22(29)27-10-4-3-5-11-27/h6-9,18H,3-5,10-17H2,1-2H3. The number of carbonyl (C=O) groups is 2. The van der Waals surface area contributed by atoms with Crippen molar-refractivity contribution in [3.63, 3.8) is 0 Å². The van der Waals surface area contributed by atoms with Crippen LogP contribution in [0.1, 0.15) is 37.8 Å². The van der Waals surface area contributed by atoms with E-state index in [0.717, 1.165) is 57.7 Å². The number of piperazine rings is 1. The van der Waals surface area contributed by atoms with Gasteiger partial charge in [0.2, 0.25) is 11.8 Å². The average Bonchev–Trinajstić information content (AvgIpc) is 2.75. The number of halogens is 1. The first kappa shape index (κ1) is 22.1. The van der Waals surface area contributed by atoms with E-state index in [1.165, 1.54) is 6.42 Å². The van der Waals surface area contributed by atoms with Crippen molar-refractivity contribution in [2.75, 3.05) is 59.4 Å². The zero-order chi connectivity index (χ0) is 20.8. The summed E-state index contributed by atoms with van der Waals surface area (Å²) in [5.74, 6) is 0.371. The highest BCUT2D eigenvalue weighted by molar-refractivity contribution is 6.30. The number of benzene rings is 1. The Hall–Kier alpha value is -1.63. The van der Waals surface area contributed by atoms with Gasteiger partial charge < -0.3 is 9.80 Å². The molecule has 2 amide bonds. The highest BCUT2D eigenvalue weighted by Crippen LogP contribution is 2.21. The quantitative estimate of drug-likeness (QED) is 0.709. The monoisotopic (exact) mass is 420 g/mol. The minimum Gasteiger partial charge on any atom is -0.342 e. The normalized spacial score (nSPS) is 19.8. The molecule has 1 atom stereocenters. The summed E-state index contributed by atoms with van der Waals surface area (Å²) in [7, 11) is 1.86. The first-order valence-electron chi connectivity index (χ1n) is 10.7. The predicted octanol–water partition coefficient (Wildman–Crippen LogP) is 2.49. The van der Waals surface area contributed by atoms with Crippen molar-refractivity contribution < 1.29 is 9.59 Å². The van der Waals surface area contributed by atoms with Gasteiger partial charge in [-0.1, -0.05) is 23.7 Å². The largest absolute Gasteiger partial charge is 0.342 e. The summed E-state index contributed by atoms with van der Waals surface area (Å²) < 4.78 is 0. The molecule has 6 nitrogen and oxygen atoms in total. The van der Waals surface area contributed by atoms with Crippen LogP contribution in [0.4, 0.5) is 0 Å². The minimum absolute atomic E-state index is 0.00298. The van der Waals surface area contributed by atoms with E-state index in [-0.39, 0.29) is 17.9 Å². The topological polar surface area (TPSA) is 47.1 Å². The van der Waals surface area contributed by atoms with Crippen LogP contribution in [0, 0.1) is 0 Å². The van der Waals surface area contributed by atoms with Gasteiger partial charge in [0.1, 0.15) is 0 Å². The molecule has 3 rings (SSSR count). The second kappa shape index (κ2) is 10.4. The smallest absolute Gasteiger partial charge is 0.236 e. The van der Waals surface area contributed by atoms with Crippen LogP contribution in [-0.4, -0.2) is 90.8 Å². The maximum absolute atomic E-state index is 12.7. The lowest BCUT2D eigenvalue weighted by atomic mass is 10.1. The first-order chi connectivity index (χ1) is 13.9. The average molecular weight is 421 g/mol. The van der Waals surface area contributed by atoms with E-state index in [0.29, 0.717) is 18.1 Å². The van der Waals surface area contributed by atoms with Crippen molar-refractivity contribution in [3.8, 4) is 0 Å². The van der Waals surface area contributed by atoms with Crippen LogP contribution < -0.4 is 0 Å². The van der Waals surface area contributed by atoms with Gasteiger partial charge in [0.15, 0.2) is 0 Å². The van der Waals surface area contributed by atoms with E-state index in [2.05, 4.69) is 9.80 Å². The molecule has 0 aliphatic carbocycles. The molecule has 0 bridgehead atoms. The lowest BCUT2D eigenvalue weighted by Gasteiger charge is -2.36. The van der Waals surface area contributed by atoms with Gasteiger partial charge in [-0.15, -0.1) is 0 Å². The molecule has 2 aliphatic heterocycles. The molecule has 0 radical (unpaired) electrons. The lowest BCUT2D eigenvalue weighted by molar-refractivity contribution is -0.136. The van der Waals surface area contributed by atoms with E-state index in [1.54, 1.807) is 4.90 Å². The third kappa shape index (κ3) is 6.17. The fourth-order valence-corrected chi connectivity index (χ4v) is 4.15. The van der Waals surface area contributed by atoms with Crippen molar-refractivity contribution in [3.05, 3.63) is 34.9 Å². The molecular weight excluding hydrogens is 388 g/mol. The Morgan fingerprint density at radius 2 is 1.48 bits per heavy atom. The number of piperidine rings is 1. The van der Waals surface area contributed by atoms with E-state index in [1.807, 2.05) is 43.1 Å². The maximum atomic E-state index is 12.7. The Balaban J connectivity index is 1.41. The molecule has 2 fully saturated rings. The number of nitrogens with zero attached hydrogens (tertiary/aromatic N) is 4. The van der Waals surface area contributed by atoms with Gasteiger partial charge in [0.25, 0.3) is 0 Å². The molecule has 1 unspecified atom stereocenters. The summed E-state index contributed by atoms with van der Waals surface area (Å²) >= 11 is 5.96. The molecule has 0 aromatic heterocycles. The molecule has 2 saturated heterocycles. The molecule has 7 heteroatoms. The second-order valence-electron chi connectivity index (χ2n) is 8.23. The molecule has 2 aliphatic rings. The summed E-state index contributed by atoms with van der Waals surface area (Å²) in [6.45, 7) is 8.09. The van der Waals surface area contributed by atoms with Crippen LogP contribution >= 0.6 is 11.6 Å². The highest BCUT2D eigenvalue weighted by Gasteiger charge is 2.25. The number of amides is 2. The Morgan fingerprint density at radius 3 is 2.07 bits per heavy atom. The number of likely N-dealkylation sites (tertiary alicyclic amines) is 1. The molecule has 1 aromatic rings. The highest BCUT2D eigenvalue weighted by atomic mass is 35.5. The number of rotatable bonds is 6. The van der Waals surface area contributed by atoms with E-state index >= 15 is 0 Å². The van der Waals surface area contributed by atoms with Gasteiger partial charge in [0, 0.05) is 51.3 Å². The third-order valence-corrected chi connectivity index (χ3v) is 6.47. The van der Waals surface area contributed by atoms with Crippen molar-refractivity contribution in [1.82, 2.24) is 19.6 Å². The Labute approximate surface area is 179 Å². The van der Waals surface area contributed by atoms with Crippen molar-refractivity contribution in [2.24, 2.45) is 0 Å². The van der Waals surface area contributed by atoms with Crippen molar-refractivity contribution in [2.45, 2.75) is 32.2 Å². The molecule has 0 N–H and O–H groups in total. The van der Waals surface area contributed by atoms with Crippen LogP contribution in [0.25, 0.3) is 0 Å². The van der Waals surface area contributed by atoms with Crippen LogP contribution in [0.3, 0.4) is 0 Å². The number of carbonyl (C=O) groups excluding carboxylic acids is 2. The van der Waals surface area contributed by atoms with E-state index in [4.69, 9.17) is 11.6 Å². The molecule has 1 aromatic carbocycles. The fourth-order valence-electron chi connectivity index (χ4n) is 4.02. The first-order valence-corrected chi connectivity index (χ1v) is 11.1. The van der Waals surface area contributed by atoms with Crippen LogP contribution in [-0.2, 0) is 9.59 Å². The molecule has 160 valence electrons. The van der Waals surface area contributed by atoms with Gasteiger partial charge in [-0.25, -0.2) is 0 Å². The third-order valence-electron chi connectivity index (χ3n) is 6.22. The van der Waals surface area contributed by atoms with Gasteiger partial charge in [-0.2, -0.15) is 0 Å². The van der Waals surface area contributed by atoms with Gasteiger partial charge >= 0.3 is 0 Å². The van der Waals surface area contributed by atoms with Crippen LogP contribution in [0.15, 0.2) is 24.3 Å². The number of hydrogen-bond donors (Lipinski definition) is 0. The minimum atomic E-state index is 0.00298. The lowest BCUT2D eigenvalue weighted by Crippen LogP contribution is -2.52. The zero-order valence-corrected chi connectivity index (χ0v) is 18.4. The van der Waals surface area contributed by atoms with Gasteiger partial charge in [-0.3, -0.25) is 19.4 Å². The summed E-state index contributed by atoms with van der Waals surface area (Å²) in [6, 6.07) is 7.65. The van der Waals surface area contributed by atoms with E-state index in [9.17, 15) is 9.59 Å². The predicted molar refractivity (Wildman–Crippen MR) is 116 cm³/mol. The Bertz CT molecular complexity index is 683. The summed E-state index contributed by atoms with van der Waals surface area (Å²) in [5, 5.41) is 0.701. The van der Waals surface area contributed by atoms with Gasteiger partial charge in [0.05, 0.1) is 19.1 Å². The Kier molecular flexibility index (Phi) is 7.92. The summed E-state index contributed by atoms with van der Waals surface area (Å²) in [5.41, 5.74) is 1.08. The number of hydrogen-bond acceptors (Lipinski definition) is 4. The van der Waals surface area contributed by atoms with Crippen molar-refractivity contribution in [1.29, 1.82) is 0 Å². The number of likely N-dealkylation sites (N-methyl/N-ethyl adjacent to an activating group) is 1. The van der Waals surface area contributed by atoms with Crippen LogP contribution in [0.2, 0.25) is 5.02 Å². The van der Waals surface area contributed by atoms with Crippen LogP contribution in [0.5, 0.6) is 0 Å². The molecule has 29 heavy (non-hydrogen) atoms. The molecule has 2 heterocycles. The zero-order valence-electron chi connectivity index (χ0n) is 17.6. The molecule has 0 spiro atoms.